The van der Waals surface area contributed by atoms with Gasteiger partial charge in [-0.3, -0.25) is 4.90 Å². The minimum atomic E-state index is 0.935. The predicted octanol–water partition coefficient (Wildman–Crippen LogP) is 2.61. The molecule has 3 rings (SSSR count). The van der Waals surface area contributed by atoms with Crippen molar-refractivity contribution in [2.75, 3.05) is 39.0 Å². The summed E-state index contributed by atoms with van der Waals surface area (Å²) in [6.07, 6.45) is 3.00. The molecule has 2 heterocycles. The van der Waals surface area contributed by atoms with Crippen LogP contribution in [-0.4, -0.2) is 48.5 Å². The third-order valence-electron chi connectivity index (χ3n) is 4.33. The van der Waals surface area contributed by atoms with Crippen LogP contribution >= 0.6 is 0 Å². The molecule has 1 aromatic carbocycles. The van der Waals surface area contributed by atoms with Gasteiger partial charge in [-0.2, -0.15) is 0 Å². The van der Waals surface area contributed by atoms with E-state index in [2.05, 4.69) is 70.6 Å². The minimum absolute atomic E-state index is 0.935. The summed E-state index contributed by atoms with van der Waals surface area (Å²) in [4.78, 5) is 9.25. The number of hydrogen-bond donors (Lipinski definition) is 1. The highest BCUT2D eigenvalue weighted by Crippen LogP contribution is 2.25. The molecule has 0 radical (unpaired) electrons. The van der Waals surface area contributed by atoms with Gasteiger partial charge in [-0.25, -0.2) is 4.98 Å². The van der Waals surface area contributed by atoms with Gasteiger partial charge in [0.15, 0.2) is 0 Å². The number of aromatic nitrogens is 1. The van der Waals surface area contributed by atoms with Crippen LogP contribution in [0.3, 0.4) is 0 Å². The summed E-state index contributed by atoms with van der Waals surface area (Å²) < 4.78 is 0. The van der Waals surface area contributed by atoms with Gasteiger partial charge in [0.1, 0.15) is 5.82 Å². The molecule has 4 heteroatoms. The zero-order valence-electron chi connectivity index (χ0n) is 14.1. The van der Waals surface area contributed by atoms with E-state index in [0.717, 1.165) is 45.0 Å². The molecule has 0 unspecified atom stereocenters. The number of anilines is 1. The van der Waals surface area contributed by atoms with E-state index < -0.39 is 0 Å². The zero-order chi connectivity index (χ0) is 16.1. The molecular formula is C19H26N4. The van der Waals surface area contributed by atoms with Gasteiger partial charge < -0.3 is 10.2 Å². The fourth-order valence-electron chi connectivity index (χ4n) is 3.08. The molecule has 0 saturated carbocycles. The largest absolute Gasteiger partial charge is 0.369 e. The third-order valence-corrected chi connectivity index (χ3v) is 4.33. The van der Waals surface area contributed by atoms with Crippen molar-refractivity contribution in [3.63, 3.8) is 0 Å². The molecule has 0 aliphatic carbocycles. The Bertz CT molecular complexity index is 625. The van der Waals surface area contributed by atoms with Crippen LogP contribution in [0, 0.1) is 0 Å². The molecular weight excluding hydrogens is 284 g/mol. The van der Waals surface area contributed by atoms with Crippen molar-refractivity contribution in [2.45, 2.75) is 19.5 Å². The molecule has 1 aliphatic heterocycles. The van der Waals surface area contributed by atoms with E-state index in [1.165, 1.54) is 16.7 Å². The molecule has 0 fully saturated rings. The first-order chi connectivity index (χ1) is 11.2. The van der Waals surface area contributed by atoms with Crippen LogP contribution in [-0.2, 0) is 19.5 Å². The lowest BCUT2D eigenvalue weighted by Gasteiger charge is -2.30. The van der Waals surface area contributed by atoms with E-state index in [1.54, 1.807) is 0 Å². The standard InChI is InChI=1S/C19H26N4/c1-22(2)13-11-21-19-18-9-12-23(15-17(18)8-10-20-19)14-16-6-4-3-5-7-16/h3-8,10H,9,11-15H2,1-2H3,(H,20,21). The smallest absolute Gasteiger partial charge is 0.129 e. The number of nitrogens with zero attached hydrogens (tertiary/aromatic N) is 3. The Hall–Kier alpha value is -1.91. The van der Waals surface area contributed by atoms with Crippen molar-refractivity contribution in [3.8, 4) is 0 Å². The van der Waals surface area contributed by atoms with E-state index in [-0.39, 0.29) is 0 Å². The van der Waals surface area contributed by atoms with Crippen molar-refractivity contribution in [1.82, 2.24) is 14.8 Å². The van der Waals surface area contributed by atoms with Gasteiger partial charge in [0, 0.05) is 44.5 Å². The van der Waals surface area contributed by atoms with Gasteiger partial charge in [-0.15, -0.1) is 0 Å². The number of rotatable bonds is 6. The van der Waals surface area contributed by atoms with Crippen molar-refractivity contribution >= 4 is 5.82 Å². The van der Waals surface area contributed by atoms with Gasteiger partial charge in [0.05, 0.1) is 0 Å². The van der Waals surface area contributed by atoms with Crippen LogP contribution in [0.1, 0.15) is 16.7 Å². The number of benzene rings is 1. The number of nitrogens with one attached hydrogen (secondary N) is 1. The average molecular weight is 310 g/mol. The summed E-state index contributed by atoms with van der Waals surface area (Å²) in [7, 11) is 4.19. The Morgan fingerprint density at radius 3 is 2.78 bits per heavy atom. The van der Waals surface area contributed by atoms with E-state index in [0.29, 0.717) is 0 Å². The lowest BCUT2D eigenvalue weighted by Crippen LogP contribution is -2.31. The topological polar surface area (TPSA) is 31.4 Å². The molecule has 1 N–H and O–H groups in total. The van der Waals surface area contributed by atoms with Crippen LogP contribution in [0.15, 0.2) is 42.6 Å². The second-order valence-electron chi connectivity index (χ2n) is 6.47. The monoisotopic (exact) mass is 310 g/mol. The summed E-state index contributed by atoms with van der Waals surface area (Å²) >= 11 is 0. The Balaban J connectivity index is 1.65. The lowest BCUT2D eigenvalue weighted by molar-refractivity contribution is 0.245. The molecule has 23 heavy (non-hydrogen) atoms. The Kier molecular flexibility index (Phi) is 5.26. The fourth-order valence-corrected chi connectivity index (χ4v) is 3.08. The highest BCUT2D eigenvalue weighted by atomic mass is 15.1. The average Bonchev–Trinajstić information content (AvgIpc) is 2.55. The quantitative estimate of drug-likeness (QED) is 0.889. The first-order valence-electron chi connectivity index (χ1n) is 8.34. The van der Waals surface area contributed by atoms with E-state index >= 15 is 0 Å². The summed E-state index contributed by atoms with van der Waals surface area (Å²) in [5, 5.41) is 3.50. The van der Waals surface area contributed by atoms with Crippen LogP contribution < -0.4 is 5.32 Å². The fraction of sp³-hybridized carbons (Fsp3) is 0.421. The Morgan fingerprint density at radius 1 is 1.17 bits per heavy atom. The summed E-state index contributed by atoms with van der Waals surface area (Å²) in [5.74, 6) is 1.07. The highest BCUT2D eigenvalue weighted by molar-refractivity contribution is 5.49. The molecule has 0 spiro atoms. The van der Waals surface area contributed by atoms with Crippen LogP contribution in [0.25, 0.3) is 0 Å². The maximum atomic E-state index is 4.55. The molecule has 0 saturated heterocycles. The number of pyridine rings is 1. The van der Waals surface area contributed by atoms with Crippen molar-refractivity contribution < 1.29 is 0 Å². The number of likely N-dealkylation sites (N-methyl/N-ethyl adjacent to an activating group) is 1. The normalized spacial score (nSPS) is 14.7. The molecule has 122 valence electrons. The van der Waals surface area contributed by atoms with Gasteiger partial charge in [0.25, 0.3) is 0 Å². The predicted molar refractivity (Wildman–Crippen MR) is 95.5 cm³/mol. The number of hydrogen-bond acceptors (Lipinski definition) is 4. The number of fused-ring (bicyclic) bond motifs is 1. The van der Waals surface area contributed by atoms with Crippen molar-refractivity contribution in [1.29, 1.82) is 0 Å². The second kappa shape index (κ2) is 7.57. The molecule has 0 amide bonds. The minimum Gasteiger partial charge on any atom is -0.369 e. The molecule has 1 aromatic heterocycles. The van der Waals surface area contributed by atoms with Crippen molar-refractivity contribution in [3.05, 3.63) is 59.3 Å². The molecule has 2 aromatic rings. The first-order valence-corrected chi connectivity index (χ1v) is 8.34. The Labute approximate surface area is 139 Å². The molecule has 0 atom stereocenters. The van der Waals surface area contributed by atoms with Crippen molar-refractivity contribution in [2.24, 2.45) is 0 Å². The van der Waals surface area contributed by atoms with Gasteiger partial charge in [0.2, 0.25) is 0 Å². The maximum absolute atomic E-state index is 4.55. The molecule has 4 nitrogen and oxygen atoms in total. The van der Waals surface area contributed by atoms with Gasteiger partial charge in [-0.1, -0.05) is 30.3 Å². The van der Waals surface area contributed by atoms with Crippen LogP contribution in [0.4, 0.5) is 5.82 Å². The highest BCUT2D eigenvalue weighted by Gasteiger charge is 2.19. The molecule has 0 bridgehead atoms. The van der Waals surface area contributed by atoms with E-state index in [9.17, 15) is 0 Å². The SMILES string of the molecule is CN(C)CCNc1nccc2c1CCN(Cc1ccccc1)C2. The van der Waals surface area contributed by atoms with Gasteiger partial charge in [-0.05, 0) is 37.7 Å². The van der Waals surface area contributed by atoms with Gasteiger partial charge >= 0.3 is 0 Å². The first kappa shape index (κ1) is 16.0. The Morgan fingerprint density at radius 2 is 2.00 bits per heavy atom. The lowest BCUT2D eigenvalue weighted by atomic mass is 10.0. The summed E-state index contributed by atoms with van der Waals surface area (Å²) in [6, 6.07) is 12.9. The zero-order valence-corrected chi connectivity index (χ0v) is 14.1. The van der Waals surface area contributed by atoms with E-state index in [4.69, 9.17) is 0 Å². The molecule has 1 aliphatic rings. The second-order valence-corrected chi connectivity index (χ2v) is 6.47. The maximum Gasteiger partial charge on any atom is 0.129 e. The summed E-state index contributed by atoms with van der Waals surface area (Å²) in [5.41, 5.74) is 4.19. The third kappa shape index (κ3) is 4.30. The van der Waals surface area contributed by atoms with E-state index in [1.807, 2.05) is 6.20 Å². The summed E-state index contributed by atoms with van der Waals surface area (Å²) in [6.45, 7) is 5.08. The van der Waals surface area contributed by atoms with Crippen LogP contribution in [0.2, 0.25) is 0 Å². The van der Waals surface area contributed by atoms with Crippen LogP contribution in [0.5, 0.6) is 0 Å².